The summed E-state index contributed by atoms with van der Waals surface area (Å²) in [6.45, 7) is 3.16. The van der Waals surface area contributed by atoms with Crippen molar-refractivity contribution in [3.63, 3.8) is 0 Å². The Morgan fingerprint density at radius 3 is 1.80 bits per heavy atom. The minimum atomic E-state index is 0.957. The molecule has 0 bridgehead atoms. The van der Waals surface area contributed by atoms with Crippen LogP contribution in [0.5, 0.6) is 0 Å². The molecule has 0 saturated heterocycles. The van der Waals surface area contributed by atoms with Crippen LogP contribution in [0, 0.1) is 0 Å². The largest absolute Gasteiger partial charge is 0.341 e. The molecule has 0 N–H and O–H groups in total. The fraction of sp³-hybridized carbons (Fsp3) is 0.0741. The fourth-order valence-corrected chi connectivity index (χ4v) is 4.64. The molecule has 0 aliphatic carbocycles. The summed E-state index contributed by atoms with van der Waals surface area (Å²) in [7, 11) is 0. The Kier molecular flexibility index (Phi) is 3.75. The molecule has 4 aromatic carbocycles. The maximum atomic E-state index is 4.89. The van der Waals surface area contributed by atoms with Gasteiger partial charge >= 0.3 is 0 Å². The summed E-state index contributed by atoms with van der Waals surface area (Å²) in [5.41, 5.74) is 5.90. The van der Waals surface area contributed by atoms with Crippen molar-refractivity contribution in [1.82, 2.24) is 9.24 Å². The Balaban J connectivity index is 1.53. The molecule has 0 unspecified atom stereocenters. The Hall–Kier alpha value is -3.85. The normalized spacial score (nSPS) is 12.2. The quantitative estimate of drug-likeness (QED) is 0.298. The van der Waals surface area contributed by atoms with Gasteiger partial charge in [0.05, 0.1) is 17.2 Å². The molecule has 3 heteroatoms. The van der Waals surface area contributed by atoms with Gasteiger partial charge in [0, 0.05) is 39.1 Å². The van der Waals surface area contributed by atoms with Gasteiger partial charge in [-0.15, -0.1) is 0 Å². The monoisotopic (exact) mass is 387 g/mol. The Morgan fingerprint density at radius 2 is 1.17 bits per heavy atom. The lowest BCUT2D eigenvalue weighted by Gasteiger charge is -2.03. The minimum Gasteiger partial charge on any atom is -0.341 e. The molecule has 2 aromatic heterocycles. The summed E-state index contributed by atoms with van der Waals surface area (Å²) in [5, 5.41) is 9.92. The van der Waals surface area contributed by atoms with Crippen LogP contribution < -0.4 is 0 Å². The first kappa shape index (κ1) is 17.0. The van der Waals surface area contributed by atoms with Gasteiger partial charge < -0.3 is 4.57 Å². The number of rotatable bonds is 3. The van der Waals surface area contributed by atoms with Crippen molar-refractivity contribution < 1.29 is 0 Å². The van der Waals surface area contributed by atoms with Crippen LogP contribution in [-0.2, 0) is 6.54 Å². The lowest BCUT2D eigenvalue weighted by molar-refractivity contribution is 0.827. The molecule has 0 aliphatic rings. The van der Waals surface area contributed by atoms with Gasteiger partial charge in [0.2, 0.25) is 0 Å². The second-order valence-corrected chi connectivity index (χ2v) is 7.63. The van der Waals surface area contributed by atoms with Crippen LogP contribution in [0.25, 0.3) is 43.6 Å². The molecular formula is C27H21N3. The maximum absolute atomic E-state index is 4.89. The smallest absolute Gasteiger partial charge is 0.0732 e. The summed E-state index contributed by atoms with van der Waals surface area (Å²) in [5.74, 6) is 0. The molecule has 0 amide bonds. The summed E-state index contributed by atoms with van der Waals surface area (Å²) < 4.78 is 4.42. The molecule has 6 aromatic rings. The predicted molar refractivity (Wildman–Crippen MR) is 128 cm³/mol. The fourth-order valence-electron chi connectivity index (χ4n) is 4.64. The van der Waals surface area contributed by atoms with Crippen molar-refractivity contribution in [3.8, 4) is 0 Å². The van der Waals surface area contributed by atoms with E-state index >= 15 is 0 Å². The molecule has 30 heavy (non-hydrogen) atoms. The van der Waals surface area contributed by atoms with Gasteiger partial charge in [-0.05, 0) is 42.8 Å². The van der Waals surface area contributed by atoms with E-state index in [1.165, 1.54) is 32.6 Å². The van der Waals surface area contributed by atoms with Gasteiger partial charge in [0.1, 0.15) is 0 Å². The molecule has 3 nitrogen and oxygen atoms in total. The number of hydrogen-bond acceptors (Lipinski definition) is 1. The number of benzene rings is 4. The SMILES string of the molecule is CCn1c2ccccc2c2cc(C=Nn3c4ccccc4c4ccccc43)ccc21. The first-order chi connectivity index (χ1) is 14.8. The van der Waals surface area contributed by atoms with Gasteiger partial charge in [-0.3, -0.25) is 0 Å². The summed E-state index contributed by atoms with van der Waals surface area (Å²) in [6, 6.07) is 32.1. The van der Waals surface area contributed by atoms with E-state index in [-0.39, 0.29) is 0 Å². The Bertz CT molecular complexity index is 1530. The van der Waals surface area contributed by atoms with Crippen LogP contribution in [0.15, 0.2) is 96.1 Å². The number of nitrogens with zero attached hydrogens (tertiary/aromatic N) is 3. The third kappa shape index (κ3) is 2.42. The Morgan fingerprint density at radius 1 is 0.633 bits per heavy atom. The van der Waals surface area contributed by atoms with E-state index in [0.717, 1.165) is 23.1 Å². The number of hydrogen-bond donors (Lipinski definition) is 0. The van der Waals surface area contributed by atoms with E-state index in [0.29, 0.717) is 0 Å². The van der Waals surface area contributed by atoms with Crippen molar-refractivity contribution in [2.75, 3.05) is 0 Å². The van der Waals surface area contributed by atoms with E-state index in [1.807, 2.05) is 10.9 Å². The third-order valence-corrected chi connectivity index (χ3v) is 5.99. The molecule has 0 radical (unpaired) electrons. The standard InChI is InChI=1S/C27H21N3/c1-2-29-24-12-6-3-11-22(24)23-17-19(15-16-25(23)29)18-28-30-26-13-7-4-9-20(26)21-10-5-8-14-27(21)30/h3-18H,2H2,1H3. The number of aryl methyl sites for hydroxylation is 1. The van der Waals surface area contributed by atoms with Gasteiger partial charge in [-0.2, -0.15) is 5.10 Å². The van der Waals surface area contributed by atoms with Crippen LogP contribution in [0.3, 0.4) is 0 Å². The van der Waals surface area contributed by atoms with Gasteiger partial charge in [-0.1, -0.05) is 60.7 Å². The zero-order valence-electron chi connectivity index (χ0n) is 16.8. The average molecular weight is 387 g/mol. The molecule has 6 rings (SSSR count). The molecular weight excluding hydrogens is 366 g/mol. The summed E-state index contributed by atoms with van der Waals surface area (Å²) in [4.78, 5) is 0. The highest BCUT2D eigenvalue weighted by Crippen LogP contribution is 2.30. The van der Waals surface area contributed by atoms with Gasteiger partial charge in [-0.25, -0.2) is 4.68 Å². The number of para-hydroxylation sites is 3. The van der Waals surface area contributed by atoms with E-state index in [2.05, 4.69) is 102 Å². The number of fused-ring (bicyclic) bond motifs is 6. The highest BCUT2D eigenvalue weighted by molar-refractivity contribution is 6.10. The molecule has 0 spiro atoms. The lowest BCUT2D eigenvalue weighted by Crippen LogP contribution is -1.93. The molecule has 2 heterocycles. The Labute approximate surface area is 174 Å². The topological polar surface area (TPSA) is 22.2 Å². The van der Waals surface area contributed by atoms with Crippen molar-refractivity contribution in [3.05, 3.63) is 96.6 Å². The van der Waals surface area contributed by atoms with Crippen LogP contribution in [0.2, 0.25) is 0 Å². The van der Waals surface area contributed by atoms with Crippen molar-refractivity contribution in [1.29, 1.82) is 0 Å². The van der Waals surface area contributed by atoms with E-state index in [1.54, 1.807) is 0 Å². The molecule has 0 fully saturated rings. The average Bonchev–Trinajstić information content (AvgIpc) is 3.30. The first-order valence-corrected chi connectivity index (χ1v) is 10.4. The van der Waals surface area contributed by atoms with Crippen molar-refractivity contribution in [2.45, 2.75) is 13.5 Å². The van der Waals surface area contributed by atoms with Gasteiger partial charge in [0.25, 0.3) is 0 Å². The summed E-state index contributed by atoms with van der Waals surface area (Å²) in [6.07, 6.45) is 1.97. The highest BCUT2D eigenvalue weighted by atomic mass is 15.3. The maximum Gasteiger partial charge on any atom is 0.0732 e. The first-order valence-electron chi connectivity index (χ1n) is 10.4. The molecule has 0 atom stereocenters. The van der Waals surface area contributed by atoms with E-state index in [9.17, 15) is 0 Å². The minimum absolute atomic E-state index is 0.957. The zero-order valence-corrected chi connectivity index (χ0v) is 16.8. The van der Waals surface area contributed by atoms with E-state index < -0.39 is 0 Å². The zero-order chi connectivity index (χ0) is 20.1. The third-order valence-electron chi connectivity index (χ3n) is 5.99. The second kappa shape index (κ2) is 6.60. The van der Waals surface area contributed by atoms with Crippen LogP contribution in [0.1, 0.15) is 12.5 Å². The van der Waals surface area contributed by atoms with Gasteiger partial charge in [0.15, 0.2) is 0 Å². The van der Waals surface area contributed by atoms with Crippen LogP contribution in [-0.4, -0.2) is 15.5 Å². The van der Waals surface area contributed by atoms with Crippen molar-refractivity contribution >= 4 is 49.8 Å². The lowest BCUT2D eigenvalue weighted by atomic mass is 10.1. The molecule has 0 saturated carbocycles. The van der Waals surface area contributed by atoms with Crippen LogP contribution >= 0.6 is 0 Å². The predicted octanol–water partition coefficient (Wildman–Crippen LogP) is 6.80. The van der Waals surface area contributed by atoms with E-state index in [4.69, 9.17) is 5.10 Å². The highest BCUT2D eigenvalue weighted by Gasteiger charge is 2.10. The summed E-state index contributed by atoms with van der Waals surface area (Å²) >= 11 is 0. The van der Waals surface area contributed by atoms with Crippen molar-refractivity contribution in [2.24, 2.45) is 5.10 Å². The second-order valence-electron chi connectivity index (χ2n) is 7.63. The van der Waals surface area contributed by atoms with Crippen LogP contribution in [0.4, 0.5) is 0 Å². The number of aromatic nitrogens is 2. The molecule has 144 valence electrons. The molecule has 0 aliphatic heterocycles.